The normalized spacial score (nSPS) is 14.2. The van der Waals surface area contributed by atoms with Crippen molar-refractivity contribution in [3.8, 4) is 17.2 Å². The Bertz CT molecular complexity index is 1140. The van der Waals surface area contributed by atoms with E-state index in [9.17, 15) is 9.59 Å². The minimum atomic E-state index is -0.343. The average Bonchev–Trinajstić information content (AvgIpc) is 3.18. The standard InChI is InChI=1S/C22H19NO5/c1-4-21(24)27-15-5-7-16-19(11-15)28-20(22(16)25)9-13-12-23(2)18-8-6-14(26-3)10-17(13)18/h5-12H,4H2,1-3H3/b20-9-. The maximum Gasteiger partial charge on any atom is 0.310 e. The SMILES string of the molecule is CCC(=O)Oc1ccc2c(c1)O/C(=C\c1cn(C)c3ccc(OC)cc13)C2=O. The summed E-state index contributed by atoms with van der Waals surface area (Å²) in [7, 11) is 3.56. The van der Waals surface area contributed by atoms with E-state index in [4.69, 9.17) is 14.2 Å². The van der Waals surface area contributed by atoms with E-state index in [1.54, 1.807) is 38.3 Å². The van der Waals surface area contributed by atoms with Crippen LogP contribution in [0.4, 0.5) is 0 Å². The zero-order chi connectivity index (χ0) is 19.8. The zero-order valence-corrected chi connectivity index (χ0v) is 15.8. The molecule has 2 heterocycles. The van der Waals surface area contributed by atoms with Crippen molar-refractivity contribution >= 4 is 28.7 Å². The number of fused-ring (bicyclic) bond motifs is 2. The van der Waals surface area contributed by atoms with Crippen molar-refractivity contribution in [2.45, 2.75) is 13.3 Å². The van der Waals surface area contributed by atoms with Crippen LogP contribution in [-0.4, -0.2) is 23.4 Å². The first kappa shape index (κ1) is 17.9. The lowest BCUT2D eigenvalue weighted by Crippen LogP contribution is -2.05. The number of rotatable bonds is 4. The monoisotopic (exact) mass is 377 g/mol. The molecule has 6 nitrogen and oxygen atoms in total. The van der Waals surface area contributed by atoms with Crippen molar-refractivity contribution in [3.05, 3.63) is 59.5 Å². The number of Topliss-reactive ketones (excluding diaryl/α,β-unsaturated/α-hetero) is 1. The summed E-state index contributed by atoms with van der Waals surface area (Å²) in [6, 6.07) is 10.6. The Morgan fingerprint density at radius 3 is 2.71 bits per heavy atom. The van der Waals surface area contributed by atoms with E-state index in [0.717, 1.165) is 22.2 Å². The van der Waals surface area contributed by atoms with Crippen LogP contribution < -0.4 is 14.2 Å². The minimum absolute atomic E-state index is 0.205. The Morgan fingerprint density at radius 1 is 1.18 bits per heavy atom. The van der Waals surface area contributed by atoms with E-state index in [2.05, 4.69) is 0 Å². The first-order valence-corrected chi connectivity index (χ1v) is 8.92. The van der Waals surface area contributed by atoms with Crippen molar-refractivity contribution in [1.82, 2.24) is 4.57 Å². The molecule has 1 aliphatic rings. The number of carbonyl (C=O) groups excluding carboxylic acids is 2. The number of nitrogens with zero attached hydrogens (tertiary/aromatic N) is 1. The van der Waals surface area contributed by atoms with E-state index >= 15 is 0 Å². The highest BCUT2D eigenvalue weighted by Crippen LogP contribution is 2.36. The summed E-state index contributed by atoms with van der Waals surface area (Å²) in [5, 5.41) is 0.958. The average molecular weight is 377 g/mol. The molecule has 0 unspecified atom stereocenters. The largest absolute Gasteiger partial charge is 0.497 e. The van der Waals surface area contributed by atoms with Gasteiger partial charge in [-0.1, -0.05) is 6.92 Å². The molecule has 142 valence electrons. The van der Waals surface area contributed by atoms with Gasteiger partial charge in [0.1, 0.15) is 17.2 Å². The molecule has 0 spiro atoms. The maximum absolute atomic E-state index is 12.7. The number of benzene rings is 2. The van der Waals surface area contributed by atoms with Crippen LogP contribution in [0.2, 0.25) is 0 Å². The third-order valence-corrected chi connectivity index (χ3v) is 4.68. The number of hydrogen-bond acceptors (Lipinski definition) is 5. The van der Waals surface area contributed by atoms with E-state index < -0.39 is 0 Å². The predicted molar refractivity (Wildman–Crippen MR) is 105 cm³/mol. The maximum atomic E-state index is 12.7. The van der Waals surface area contributed by atoms with Gasteiger partial charge in [-0.05, 0) is 36.4 Å². The van der Waals surface area contributed by atoms with Gasteiger partial charge >= 0.3 is 5.97 Å². The zero-order valence-electron chi connectivity index (χ0n) is 15.8. The van der Waals surface area contributed by atoms with Crippen LogP contribution in [0.3, 0.4) is 0 Å². The topological polar surface area (TPSA) is 66.8 Å². The molecule has 6 heteroatoms. The Kier molecular flexibility index (Phi) is 4.39. The van der Waals surface area contributed by atoms with Crippen LogP contribution in [0.1, 0.15) is 29.3 Å². The molecule has 28 heavy (non-hydrogen) atoms. The minimum Gasteiger partial charge on any atom is -0.497 e. The van der Waals surface area contributed by atoms with Gasteiger partial charge in [0.05, 0.1) is 12.7 Å². The smallest absolute Gasteiger partial charge is 0.310 e. The van der Waals surface area contributed by atoms with Crippen LogP contribution in [0.25, 0.3) is 17.0 Å². The van der Waals surface area contributed by atoms with Gasteiger partial charge in [-0.15, -0.1) is 0 Å². The first-order chi connectivity index (χ1) is 13.5. The molecule has 0 bridgehead atoms. The Morgan fingerprint density at radius 2 is 1.96 bits per heavy atom. The molecule has 0 N–H and O–H groups in total. The van der Waals surface area contributed by atoms with Gasteiger partial charge in [-0.2, -0.15) is 0 Å². The van der Waals surface area contributed by atoms with Gasteiger partial charge in [0.25, 0.3) is 0 Å². The van der Waals surface area contributed by atoms with Gasteiger partial charge < -0.3 is 18.8 Å². The molecule has 2 aromatic carbocycles. The Labute approximate surface area is 161 Å². The molecule has 0 aliphatic carbocycles. The van der Waals surface area contributed by atoms with Crippen LogP contribution >= 0.6 is 0 Å². The van der Waals surface area contributed by atoms with Gasteiger partial charge in [0.15, 0.2) is 5.76 Å². The van der Waals surface area contributed by atoms with Crippen LogP contribution in [-0.2, 0) is 11.8 Å². The molecular weight excluding hydrogens is 358 g/mol. The predicted octanol–water partition coefficient (Wildman–Crippen LogP) is 4.12. The summed E-state index contributed by atoms with van der Waals surface area (Å²) in [4.78, 5) is 24.2. The summed E-state index contributed by atoms with van der Waals surface area (Å²) in [5.74, 6) is 1.16. The van der Waals surface area contributed by atoms with Crippen molar-refractivity contribution in [1.29, 1.82) is 0 Å². The third kappa shape index (κ3) is 3.03. The highest BCUT2D eigenvalue weighted by molar-refractivity contribution is 6.15. The molecule has 0 fully saturated rings. The second-order valence-corrected chi connectivity index (χ2v) is 6.50. The van der Waals surface area contributed by atoms with E-state index in [0.29, 0.717) is 17.1 Å². The van der Waals surface area contributed by atoms with Gasteiger partial charge in [0.2, 0.25) is 5.78 Å². The number of carbonyl (C=O) groups is 2. The molecule has 4 rings (SSSR count). The van der Waals surface area contributed by atoms with E-state index in [-0.39, 0.29) is 23.9 Å². The Hall–Kier alpha value is -3.54. The number of aryl methyl sites for hydroxylation is 1. The van der Waals surface area contributed by atoms with Crippen molar-refractivity contribution in [2.24, 2.45) is 7.05 Å². The molecule has 3 aromatic rings. The highest BCUT2D eigenvalue weighted by Gasteiger charge is 2.28. The second-order valence-electron chi connectivity index (χ2n) is 6.50. The van der Waals surface area contributed by atoms with Crippen LogP contribution in [0.5, 0.6) is 17.2 Å². The van der Waals surface area contributed by atoms with Crippen LogP contribution in [0.15, 0.2) is 48.4 Å². The third-order valence-electron chi connectivity index (χ3n) is 4.68. The lowest BCUT2D eigenvalue weighted by Gasteiger charge is -2.04. The molecule has 0 amide bonds. The number of allylic oxidation sites excluding steroid dienone is 1. The molecule has 0 saturated carbocycles. The highest BCUT2D eigenvalue weighted by atomic mass is 16.5. The summed E-state index contributed by atoms with van der Waals surface area (Å²) >= 11 is 0. The molecule has 0 saturated heterocycles. The summed E-state index contributed by atoms with van der Waals surface area (Å²) in [6.45, 7) is 1.72. The van der Waals surface area contributed by atoms with Gasteiger partial charge in [0, 0.05) is 42.2 Å². The summed E-state index contributed by atoms with van der Waals surface area (Å²) in [6.07, 6.45) is 3.93. The van der Waals surface area contributed by atoms with Gasteiger partial charge in [-0.3, -0.25) is 9.59 Å². The molecule has 1 aromatic heterocycles. The quantitative estimate of drug-likeness (QED) is 0.389. The lowest BCUT2D eigenvalue weighted by molar-refractivity contribution is -0.134. The van der Waals surface area contributed by atoms with E-state index in [1.165, 1.54) is 0 Å². The van der Waals surface area contributed by atoms with Crippen molar-refractivity contribution < 1.29 is 23.8 Å². The van der Waals surface area contributed by atoms with Crippen LogP contribution in [0, 0.1) is 0 Å². The molecule has 1 aliphatic heterocycles. The molecular formula is C22H19NO5. The number of hydrogen-bond donors (Lipinski definition) is 0. The number of ketones is 1. The fourth-order valence-corrected chi connectivity index (χ4v) is 3.22. The molecule has 0 radical (unpaired) electrons. The lowest BCUT2D eigenvalue weighted by atomic mass is 10.1. The summed E-state index contributed by atoms with van der Waals surface area (Å²) in [5.41, 5.74) is 2.31. The van der Waals surface area contributed by atoms with E-state index in [1.807, 2.05) is 36.0 Å². The Balaban J connectivity index is 1.70. The number of methoxy groups -OCH3 is 1. The fraction of sp³-hybridized carbons (Fsp3) is 0.182. The van der Waals surface area contributed by atoms with Crippen molar-refractivity contribution in [3.63, 3.8) is 0 Å². The fourth-order valence-electron chi connectivity index (χ4n) is 3.22. The number of aromatic nitrogens is 1. The number of esters is 1. The summed E-state index contributed by atoms with van der Waals surface area (Å²) < 4.78 is 18.3. The first-order valence-electron chi connectivity index (χ1n) is 8.92. The molecule has 0 atom stereocenters. The van der Waals surface area contributed by atoms with Gasteiger partial charge in [-0.25, -0.2) is 0 Å². The van der Waals surface area contributed by atoms with Crippen molar-refractivity contribution in [2.75, 3.05) is 7.11 Å². The number of ether oxygens (including phenoxy) is 3. The second kappa shape index (κ2) is 6.88.